The molecule has 1 amide bonds. The average molecular weight is 516 g/mol. The van der Waals surface area contributed by atoms with Crippen molar-refractivity contribution in [1.29, 1.82) is 0 Å². The average Bonchev–Trinajstić information content (AvgIpc) is 3.27. The minimum Gasteiger partial charge on any atom is -0.459 e. The lowest BCUT2D eigenvalue weighted by Gasteiger charge is -2.31. The number of halogens is 2. The van der Waals surface area contributed by atoms with E-state index >= 15 is 0 Å². The first-order chi connectivity index (χ1) is 13.4. The van der Waals surface area contributed by atoms with Crippen LogP contribution >= 0.6 is 24.0 Å². The summed E-state index contributed by atoms with van der Waals surface area (Å²) in [5, 5.41) is 7.33. The predicted molar refractivity (Wildman–Crippen MR) is 124 cm³/mol. The van der Waals surface area contributed by atoms with E-state index in [9.17, 15) is 9.18 Å². The van der Waals surface area contributed by atoms with Gasteiger partial charge in [-0.1, -0.05) is 12.8 Å². The van der Waals surface area contributed by atoms with Gasteiger partial charge in [0.25, 0.3) is 0 Å². The van der Waals surface area contributed by atoms with Crippen LogP contribution in [0.15, 0.2) is 27.6 Å². The van der Waals surface area contributed by atoms with Crippen LogP contribution in [0.2, 0.25) is 0 Å². The van der Waals surface area contributed by atoms with Crippen LogP contribution in [0.5, 0.6) is 0 Å². The lowest BCUT2D eigenvalue weighted by Crippen LogP contribution is -2.49. The van der Waals surface area contributed by atoms with Gasteiger partial charge in [-0.05, 0) is 38.0 Å². The van der Waals surface area contributed by atoms with E-state index < -0.39 is 0 Å². The van der Waals surface area contributed by atoms with Gasteiger partial charge in [-0.3, -0.25) is 9.79 Å². The summed E-state index contributed by atoms with van der Waals surface area (Å²) < 4.78 is 19.3. The van der Waals surface area contributed by atoms with Gasteiger partial charge in [0.05, 0.1) is 12.0 Å². The number of nitrogens with zero attached hydrogens (tertiary/aromatic N) is 2. The zero-order valence-corrected chi connectivity index (χ0v) is 19.8. The number of amides is 1. The Morgan fingerprint density at radius 2 is 1.97 bits per heavy atom. The molecule has 0 radical (unpaired) electrons. The van der Waals surface area contributed by atoms with Crippen molar-refractivity contribution in [2.75, 3.05) is 27.7 Å². The first kappa shape index (κ1) is 23.4. The number of guanidine groups is 1. The van der Waals surface area contributed by atoms with Crippen molar-refractivity contribution in [3.63, 3.8) is 0 Å². The molecule has 6 nitrogen and oxygen atoms in total. The van der Waals surface area contributed by atoms with Crippen molar-refractivity contribution >= 4 is 46.8 Å². The van der Waals surface area contributed by atoms with Crippen LogP contribution in [0.4, 0.5) is 4.39 Å². The summed E-state index contributed by atoms with van der Waals surface area (Å²) in [5.74, 6) is 1.25. The van der Waals surface area contributed by atoms with E-state index in [4.69, 9.17) is 4.42 Å². The SMILES string of the molecule is CN=C(NCc1oc2ccc(F)cc2c1C)NCC1(C(=O)N(C)C)CCCC1.I. The molecule has 2 N–H and O–H groups in total. The zero-order valence-electron chi connectivity index (χ0n) is 17.5. The third kappa shape index (κ3) is 5.02. The van der Waals surface area contributed by atoms with E-state index in [0.717, 1.165) is 42.4 Å². The van der Waals surface area contributed by atoms with Crippen LogP contribution < -0.4 is 10.6 Å². The van der Waals surface area contributed by atoms with Crippen molar-refractivity contribution in [3.05, 3.63) is 35.3 Å². The van der Waals surface area contributed by atoms with Gasteiger partial charge in [-0.15, -0.1) is 24.0 Å². The molecule has 29 heavy (non-hydrogen) atoms. The maximum Gasteiger partial charge on any atom is 0.230 e. The molecule has 8 heteroatoms. The third-order valence-corrected chi connectivity index (χ3v) is 5.65. The van der Waals surface area contributed by atoms with Crippen molar-refractivity contribution in [1.82, 2.24) is 15.5 Å². The molecule has 1 aromatic heterocycles. The molecule has 0 atom stereocenters. The number of aryl methyl sites for hydroxylation is 1. The minimum absolute atomic E-state index is 0. The Labute approximate surface area is 188 Å². The number of rotatable bonds is 5. The van der Waals surface area contributed by atoms with E-state index in [2.05, 4.69) is 15.6 Å². The van der Waals surface area contributed by atoms with Crippen molar-refractivity contribution in [3.8, 4) is 0 Å². The number of furan rings is 1. The van der Waals surface area contributed by atoms with Gasteiger partial charge in [0.2, 0.25) is 5.91 Å². The molecule has 1 aliphatic rings. The number of nitrogens with one attached hydrogen (secondary N) is 2. The van der Waals surface area contributed by atoms with Crippen LogP contribution in [0.3, 0.4) is 0 Å². The van der Waals surface area contributed by atoms with Gasteiger partial charge in [0, 0.05) is 38.6 Å². The quantitative estimate of drug-likeness (QED) is 0.361. The third-order valence-electron chi connectivity index (χ3n) is 5.65. The van der Waals surface area contributed by atoms with Gasteiger partial charge in [-0.2, -0.15) is 0 Å². The second-order valence-electron chi connectivity index (χ2n) is 7.76. The van der Waals surface area contributed by atoms with E-state index in [1.165, 1.54) is 12.1 Å². The summed E-state index contributed by atoms with van der Waals surface area (Å²) in [7, 11) is 5.32. The Balaban J connectivity index is 0.00000300. The summed E-state index contributed by atoms with van der Waals surface area (Å²) >= 11 is 0. The Hall–Kier alpha value is -1.84. The van der Waals surface area contributed by atoms with Crippen LogP contribution in [0, 0.1) is 18.2 Å². The largest absolute Gasteiger partial charge is 0.459 e. The lowest BCUT2D eigenvalue weighted by molar-refractivity contribution is -0.138. The Bertz CT molecular complexity index is 888. The fraction of sp³-hybridized carbons (Fsp3) is 0.524. The van der Waals surface area contributed by atoms with E-state index in [1.807, 2.05) is 21.0 Å². The van der Waals surface area contributed by atoms with E-state index in [0.29, 0.717) is 24.6 Å². The van der Waals surface area contributed by atoms with Crippen LogP contribution in [0.25, 0.3) is 11.0 Å². The number of hydrogen-bond donors (Lipinski definition) is 2. The van der Waals surface area contributed by atoms with Gasteiger partial charge < -0.3 is 20.0 Å². The molecule has 1 heterocycles. The smallest absolute Gasteiger partial charge is 0.230 e. The Morgan fingerprint density at radius 1 is 1.28 bits per heavy atom. The number of hydrogen-bond acceptors (Lipinski definition) is 3. The molecule has 0 unspecified atom stereocenters. The molecular formula is C21H30FIN4O2. The number of aliphatic imine (C=N–C) groups is 1. The molecule has 3 rings (SSSR count). The molecule has 0 bridgehead atoms. The van der Waals surface area contributed by atoms with Crippen LogP contribution in [-0.4, -0.2) is 44.5 Å². The van der Waals surface area contributed by atoms with Gasteiger partial charge in [-0.25, -0.2) is 4.39 Å². The van der Waals surface area contributed by atoms with Crippen molar-refractivity contribution in [2.24, 2.45) is 10.4 Å². The second kappa shape index (κ2) is 9.77. The number of carbonyl (C=O) groups is 1. The molecule has 160 valence electrons. The molecule has 1 aromatic carbocycles. The molecular weight excluding hydrogens is 486 g/mol. The second-order valence-corrected chi connectivity index (χ2v) is 7.76. The summed E-state index contributed by atoms with van der Waals surface area (Å²) in [4.78, 5) is 18.6. The highest BCUT2D eigenvalue weighted by atomic mass is 127. The summed E-state index contributed by atoms with van der Waals surface area (Å²) in [6.07, 6.45) is 3.93. The highest BCUT2D eigenvalue weighted by Crippen LogP contribution is 2.38. The lowest BCUT2D eigenvalue weighted by atomic mass is 9.84. The standard InChI is InChI=1S/C21H29FN4O2.HI/c1-14-16-11-15(22)7-8-17(16)28-18(14)12-24-20(23-2)25-13-21(9-5-6-10-21)19(27)26(3)4;/h7-8,11H,5-6,9-10,12-13H2,1-4H3,(H2,23,24,25);1H. The first-order valence-electron chi connectivity index (χ1n) is 9.70. The fourth-order valence-electron chi connectivity index (χ4n) is 4.04. The molecule has 1 saturated carbocycles. The number of fused-ring (bicyclic) bond motifs is 1. The minimum atomic E-state index is -0.367. The molecule has 0 aliphatic heterocycles. The first-order valence-corrected chi connectivity index (χ1v) is 9.70. The van der Waals surface area contributed by atoms with Gasteiger partial charge >= 0.3 is 0 Å². The molecule has 2 aromatic rings. The fourth-order valence-corrected chi connectivity index (χ4v) is 4.04. The predicted octanol–water partition coefficient (Wildman–Crippen LogP) is 3.81. The van der Waals surface area contributed by atoms with E-state index in [-0.39, 0.29) is 41.1 Å². The normalized spacial score (nSPS) is 15.8. The summed E-state index contributed by atoms with van der Waals surface area (Å²) in [5.41, 5.74) is 1.21. The van der Waals surface area contributed by atoms with Crippen LogP contribution in [-0.2, 0) is 11.3 Å². The number of carbonyl (C=O) groups excluding carboxylic acids is 1. The molecule has 1 aliphatic carbocycles. The van der Waals surface area contributed by atoms with Gasteiger partial charge in [0.1, 0.15) is 17.2 Å². The summed E-state index contributed by atoms with van der Waals surface area (Å²) in [6, 6.07) is 4.53. The summed E-state index contributed by atoms with van der Waals surface area (Å²) in [6.45, 7) is 2.90. The zero-order chi connectivity index (χ0) is 20.3. The Morgan fingerprint density at radius 3 is 2.59 bits per heavy atom. The highest BCUT2D eigenvalue weighted by Gasteiger charge is 2.42. The van der Waals surface area contributed by atoms with Gasteiger partial charge in [0.15, 0.2) is 5.96 Å². The Kier molecular flexibility index (Phi) is 7.90. The topological polar surface area (TPSA) is 69.9 Å². The maximum absolute atomic E-state index is 13.5. The maximum atomic E-state index is 13.5. The molecule has 0 spiro atoms. The monoisotopic (exact) mass is 516 g/mol. The van der Waals surface area contributed by atoms with Crippen molar-refractivity contribution < 1.29 is 13.6 Å². The highest BCUT2D eigenvalue weighted by molar-refractivity contribution is 14.0. The number of benzene rings is 1. The van der Waals surface area contributed by atoms with E-state index in [1.54, 1.807) is 18.0 Å². The van der Waals surface area contributed by atoms with Crippen molar-refractivity contribution in [2.45, 2.75) is 39.2 Å². The molecule has 0 saturated heterocycles. The van der Waals surface area contributed by atoms with Crippen LogP contribution in [0.1, 0.15) is 37.0 Å². The molecule has 1 fully saturated rings.